The van der Waals surface area contributed by atoms with Crippen LogP contribution in [0.1, 0.15) is 27.2 Å². The molecule has 1 rings (SSSR count). The highest BCUT2D eigenvalue weighted by Gasteiger charge is 2.35. The van der Waals surface area contributed by atoms with Crippen LogP contribution in [0.15, 0.2) is 0 Å². The van der Waals surface area contributed by atoms with E-state index in [1.165, 1.54) is 0 Å². The third-order valence-corrected chi connectivity index (χ3v) is 2.67. The molecule has 0 aromatic heterocycles. The summed E-state index contributed by atoms with van der Waals surface area (Å²) in [5.74, 6) is -0.0961. The fourth-order valence-electron chi connectivity index (χ4n) is 1.86. The van der Waals surface area contributed by atoms with E-state index in [1.54, 1.807) is 6.92 Å². The normalized spacial score (nSPS) is 36.5. The molecule has 74 valence electrons. The molecule has 1 aliphatic heterocycles. The van der Waals surface area contributed by atoms with Crippen molar-refractivity contribution in [1.29, 1.82) is 0 Å². The Hall–Kier alpha value is -0.860. The molecule has 3 heteroatoms. The Morgan fingerprint density at radius 1 is 1.54 bits per heavy atom. The van der Waals surface area contributed by atoms with Crippen LogP contribution in [-0.4, -0.2) is 18.4 Å². The van der Waals surface area contributed by atoms with Crippen LogP contribution in [0.4, 0.5) is 0 Å². The molecule has 0 aromatic carbocycles. The lowest BCUT2D eigenvalue weighted by molar-refractivity contribution is -0.168. The number of aldehydes is 1. The van der Waals surface area contributed by atoms with Gasteiger partial charge >= 0.3 is 5.97 Å². The predicted molar refractivity (Wildman–Crippen MR) is 48.1 cm³/mol. The summed E-state index contributed by atoms with van der Waals surface area (Å²) in [6.45, 7) is 5.67. The molecule has 1 fully saturated rings. The summed E-state index contributed by atoms with van der Waals surface area (Å²) in [6.07, 6.45) is 1.45. The van der Waals surface area contributed by atoms with Crippen LogP contribution >= 0.6 is 0 Å². The number of carbonyl (C=O) groups is 2. The summed E-state index contributed by atoms with van der Waals surface area (Å²) in [5.41, 5.74) is 0. The number of esters is 1. The number of hydrogen-bond donors (Lipinski definition) is 0. The molecule has 0 amide bonds. The molecule has 0 bridgehead atoms. The molecule has 0 radical (unpaired) electrons. The third kappa shape index (κ3) is 2.08. The summed E-state index contributed by atoms with van der Waals surface area (Å²) in [6, 6.07) is 0. The van der Waals surface area contributed by atoms with Crippen molar-refractivity contribution in [2.75, 3.05) is 0 Å². The Balaban J connectivity index is 2.66. The summed E-state index contributed by atoms with van der Waals surface area (Å²) in [4.78, 5) is 21.8. The van der Waals surface area contributed by atoms with Crippen LogP contribution in [0.2, 0.25) is 0 Å². The molecule has 1 aliphatic rings. The Labute approximate surface area is 78.5 Å². The van der Waals surface area contributed by atoms with E-state index in [4.69, 9.17) is 4.74 Å². The minimum absolute atomic E-state index is 0.0231. The minimum atomic E-state index is -0.221. The van der Waals surface area contributed by atoms with Gasteiger partial charge in [-0.15, -0.1) is 0 Å². The van der Waals surface area contributed by atoms with Crippen molar-refractivity contribution in [2.24, 2.45) is 17.8 Å². The maximum absolute atomic E-state index is 11.2. The highest BCUT2D eigenvalue weighted by molar-refractivity contribution is 5.73. The lowest BCUT2D eigenvalue weighted by Crippen LogP contribution is -2.40. The van der Waals surface area contributed by atoms with Crippen LogP contribution in [-0.2, 0) is 14.3 Å². The highest BCUT2D eigenvalue weighted by atomic mass is 16.5. The zero-order valence-electron chi connectivity index (χ0n) is 8.32. The molecule has 0 spiro atoms. The molecule has 0 aromatic rings. The van der Waals surface area contributed by atoms with Crippen LogP contribution in [0, 0.1) is 17.8 Å². The van der Waals surface area contributed by atoms with E-state index in [0.717, 1.165) is 12.7 Å². The summed E-state index contributed by atoms with van der Waals surface area (Å²) < 4.78 is 5.19. The maximum atomic E-state index is 11.2. The van der Waals surface area contributed by atoms with Crippen LogP contribution in [0.3, 0.4) is 0 Å². The largest absolute Gasteiger partial charge is 0.461 e. The predicted octanol–water partition coefficient (Wildman–Crippen LogP) is 1.41. The topological polar surface area (TPSA) is 43.4 Å². The Bertz CT molecular complexity index is 212. The van der Waals surface area contributed by atoms with Gasteiger partial charge in [-0.05, 0) is 12.3 Å². The van der Waals surface area contributed by atoms with Crippen molar-refractivity contribution < 1.29 is 14.3 Å². The second-order valence-corrected chi connectivity index (χ2v) is 4.01. The lowest BCUT2D eigenvalue weighted by atomic mass is 9.84. The van der Waals surface area contributed by atoms with E-state index in [-0.39, 0.29) is 29.8 Å². The van der Waals surface area contributed by atoms with E-state index in [2.05, 4.69) is 0 Å². The van der Waals surface area contributed by atoms with Crippen molar-refractivity contribution in [2.45, 2.75) is 33.3 Å². The van der Waals surface area contributed by atoms with Crippen LogP contribution in [0.25, 0.3) is 0 Å². The van der Waals surface area contributed by atoms with Gasteiger partial charge in [0.05, 0.1) is 5.92 Å². The average molecular weight is 184 g/mol. The zero-order valence-corrected chi connectivity index (χ0v) is 8.32. The second-order valence-electron chi connectivity index (χ2n) is 4.01. The first-order chi connectivity index (χ1) is 6.06. The first kappa shape index (κ1) is 10.2. The van der Waals surface area contributed by atoms with Gasteiger partial charge in [0.1, 0.15) is 12.4 Å². The molecule has 0 aliphatic carbocycles. The number of ether oxygens (including phenoxy) is 1. The van der Waals surface area contributed by atoms with Crippen molar-refractivity contribution in [1.82, 2.24) is 0 Å². The Morgan fingerprint density at radius 2 is 2.15 bits per heavy atom. The average Bonchev–Trinajstić information content (AvgIpc) is 2.10. The van der Waals surface area contributed by atoms with E-state index < -0.39 is 0 Å². The third-order valence-electron chi connectivity index (χ3n) is 2.67. The van der Waals surface area contributed by atoms with Crippen LogP contribution in [0.5, 0.6) is 0 Å². The van der Waals surface area contributed by atoms with Crippen molar-refractivity contribution in [3.05, 3.63) is 0 Å². The SMILES string of the molecule is CC(C=O)[C@H]1OC(=O)[C@H](C)C[C@@H]1C. The molecular formula is C10H16O3. The Kier molecular flexibility index (Phi) is 3.07. The first-order valence-corrected chi connectivity index (χ1v) is 4.72. The van der Waals surface area contributed by atoms with Gasteiger partial charge in [-0.3, -0.25) is 4.79 Å². The first-order valence-electron chi connectivity index (χ1n) is 4.72. The summed E-state index contributed by atoms with van der Waals surface area (Å²) in [7, 11) is 0. The molecule has 13 heavy (non-hydrogen) atoms. The highest BCUT2D eigenvalue weighted by Crippen LogP contribution is 2.29. The molecule has 3 nitrogen and oxygen atoms in total. The minimum Gasteiger partial charge on any atom is -0.461 e. The number of hydrogen-bond acceptors (Lipinski definition) is 3. The van der Waals surface area contributed by atoms with E-state index in [1.807, 2.05) is 13.8 Å². The van der Waals surface area contributed by atoms with Crippen LogP contribution < -0.4 is 0 Å². The molecule has 0 N–H and O–H groups in total. The summed E-state index contributed by atoms with van der Waals surface area (Å²) >= 11 is 0. The van der Waals surface area contributed by atoms with E-state index in [0.29, 0.717) is 0 Å². The maximum Gasteiger partial charge on any atom is 0.308 e. The second kappa shape index (κ2) is 3.90. The smallest absolute Gasteiger partial charge is 0.308 e. The quantitative estimate of drug-likeness (QED) is 0.481. The van der Waals surface area contributed by atoms with Crippen molar-refractivity contribution in [3.63, 3.8) is 0 Å². The Morgan fingerprint density at radius 3 is 2.69 bits per heavy atom. The number of carbonyl (C=O) groups excluding carboxylic acids is 2. The monoisotopic (exact) mass is 184 g/mol. The van der Waals surface area contributed by atoms with Gasteiger partial charge in [0.25, 0.3) is 0 Å². The van der Waals surface area contributed by atoms with Crippen molar-refractivity contribution in [3.8, 4) is 0 Å². The van der Waals surface area contributed by atoms with Gasteiger partial charge < -0.3 is 9.53 Å². The summed E-state index contributed by atoms with van der Waals surface area (Å²) in [5, 5.41) is 0. The van der Waals surface area contributed by atoms with E-state index in [9.17, 15) is 9.59 Å². The number of rotatable bonds is 2. The molecule has 1 heterocycles. The fourth-order valence-corrected chi connectivity index (χ4v) is 1.86. The molecule has 4 atom stereocenters. The van der Waals surface area contributed by atoms with Crippen molar-refractivity contribution >= 4 is 12.3 Å². The van der Waals surface area contributed by atoms with Gasteiger partial charge in [0, 0.05) is 5.92 Å². The molecule has 1 unspecified atom stereocenters. The van der Waals surface area contributed by atoms with Gasteiger partial charge in [-0.1, -0.05) is 20.8 Å². The van der Waals surface area contributed by atoms with Gasteiger partial charge in [-0.2, -0.15) is 0 Å². The molecule has 0 saturated carbocycles. The fraction of sp³-hybridized carbons (Fsp3) is 0.800. The zero-order chi connectivity index (χ0) is 10.0. The van der Waals surface area contributed by atoms with E-state index >= 15 is 0 Å². The molecule has 1 saturated heterocycles. The molecular weight excluding hydrogens is 168 g/mol. The standard InChI is InChI=1S/C10H16O3/c1-6-4-7(2)10(12)13-9(6)8(3)5-11/h5-9H,4H2,1-3H3/t6-,7+,8?,9-/m0/s1. The lowest BCUT2D eigenvalue weighted by Gasteiger charge is -2.33. The van der Waals surface area contributed by atoms with Gasteiger partial charge in [0.15, 0.2) is 0 Å². The van der Waals surface area contributed by atoms with Gasteiger partial charge in [-0.25, -0.2) is 0 Å². The number of cyclic esters (lactones) is 1. The van der Waals surface area contributed by atoms with Gasteiger partial charge in [0.2, 0.25) is 0 Å².